The van der Waals surface area contributed by atoms with Crippen molar-refractivity contribution < 1.29 is 14.3 Å². The number of aromatic nitrogens is 2. The van der Waals surface area contributed by atoms with Crippen molar-refractivity contribution >= 4 is 34.4 Å². The number of anilines is 1. The third-order valence-electron chi connectivity index (χ3n) is 5.33. The van der Waals surface area contributed by atoms with E-state index in [9.17, 15) is 9.59 Å². The van der Waals surface area contributed by atoms with E-state index in [1.807, 2.05) is 29.8 Å². The third kappa shape index (κ3) is 5.72. The zero-order valence-electron chi connectivity index (χ0n) is 19.3. The van der Waals surface area contributed by atoms with Crippen LogP contribution in [0.2, 0.25) is 0 Å². The Morgan fingerprint density at radius 2 is 1.94 bits per heavy atom. The number of hydrogen-bond acceptors (Lipinski definition) is 6. The number of nitrogens with zero attached hydrogens (tertiary/aromatic N) is 3. The van der Waals surface area contributed by atoms with Gasteiger partial charge in [0.2, 0.25) is 0 Å². The summed E-state index contributed by atoms with van der Waals surface area (Å²) in [5.41, 5.74) is 9.04. The number of nitrogen functional groups attached to an aromatic ring is 1. The monoisotopic (exact) mass is 460 g/mol. The number of esters is 1. The van der Waals surface area contributed by atoms with Crippen LogP contribution in [0, 0.1) is 17.8 Å². The Labute approximate surface area is 198 Å². The molecule has 2 aromatic carbocycles. The number of ether oxygens (including phenoxy) is 1. The maximum Gasteiger partial charge on any atom is 0.307 e. The Morgan fingerprint density at radius 1 is 1.24 bits per heavy atom. The van der Waals surface area contributed by atoms with Crippen LogP contribution in [0.1, 0.15) is 35.1 Å². The van der Waals surface area contributed by atoms with Crippen LogP contribution in [-0.2, 0) is 23.1 Å². The standard InChI is InChI=1S/C25H28N6O3/c1-4-13-31(14-12-23(32)34-5-2)25(33)18-8-11-21-20(15-18)29-22(30(21)3)16-28-19-9-6-17(7-10-19)24(26)27/h1,6-11,15,28H,5,12-14,16H2,2-3H3,(H3,26,27). The predicted octanol–water partition coefficient (Wildman–Crippen LogP) is 2.50. The number of terminal acetylenes is 1. The molecule has 0 aliphatic rings. The molecule has 3 aromatic rings. The molecule has 0 bridgehead atoms. The maximum atomic E-state index is 13.0. The van der Waals surface area contributed by atoms with Gasteiger partial charge in [-0.05, 0) is 49.4 Å². The van der Waals surface area contributed by atoms with Gasteiger partial charge in [0.25, 0.3) is 5.91 Å². The van der Waals surface area contributed by atoms with Crippen LogP contribution in [0.15, 0.2) is 42.5 Å². The van der Waals surface area contributed by atoms with Crippen molar-refractivity contribution in [2.75, 3.05) is 25.0 Å². The third-order valence-corrected chi connectivity index (χ3v) is 5.33. The Kier molecular flexibility index (Phi) is 7.88. The number of nitrogens with two attached hydrogens (primary N) is 1. The van der Waals surface area contributed by atoms with Gasteiger partial charge in [0, 0.05) is 30.4 Å². The summed E-state index contributed by atoms with van der Waals surface area (Å²) in [6, 6.07) is 12.6. The maximum absolute atomic E-state index is 13.0. The number of carbonyl (C=O) groups excluding carboxylic acids is 2. The van der Waals surface area contributed by atoms with Crippen LogP contribution in [0.4, 0.5) is 5.69 Å². The lowest BCUT2D eigenvalue weighted by atomic mass is 10.1. The second-order valence-corrected chi connectivity index (χ2v) is 7.62. The van der Waals surface area contributed by atoms with Crippen LogP contribution in [0.25, 0.3) is 11.0 Å². The number of amidine groups is 1. The molecular weight excluding hydrogens is 432 g/mol. The summed E-state index contributed by atoms with van der Waals surface area (Å²) in [6.45, 7) is 2.77. The summed E-state index contributed by atoms with van der Waals surface area (Å²) in [6.07, 6.45) is 5.51. The van der Waals surface area contributed by atoms with Crippen LogP contribution < -0.4 is 11.1 Å². The summed E-state index contributed by atoms with van der Waals surface area (Å²) >= 11 is 0. The van der Waals surface area contributed by atoms with Crippen molar-refractivity contribution in [2.24, 2.45) is 12.8 Å². The Bertz CT molecular complexity index is 1240. The van der Waals surface area contributed by atoms with Crippen LogP contribution in [0.3, 0.4) is 0 Å². The molecule has 0 aliphatic carbocycles. The fraction of sp³-hybridized carbons (Fsp3) is 0.280. The minimum absolute atomic E-state index is 0.0222. The van der Waals surface area contributed by atoms with Gasteiger partial charge in [0.05, 0.1) is 37.2 Å². The van der Waals surface area contributed by atoms with Crippen LogP contribution >= 0.6 is 0 Å². The molecule has 3 rings (SSSR count). The van der Waals surface area contributed by atoms with Crippen molar-refractivity contribution in [3.05, 3.63) is 59.4 Å². The number of carbonyl (C=O) groups is 2. The number of aryl methyl sites for hydroxylation is 1. The Hall–Kier alpha value is -4.32. The van der Waals surface area contributed by atoms with Crippen molar-refractivity contribution in [1.82, 2.24) is 14.5 Å². The Morgan fingerprint density at radius 3 is 2.59 bits per heavy atom. The van der Waals surface area contributed by atoms with Gasteiger partial charge in [-0.1, -0.05) is 5.92 Å². The normalized spacial score (nSPS) is 10.5. The lowest BCUT2D eigenvalue weighted by Gasteiger charge is -2.19. The smallest absolute Gasteiger partial charge is 0.307 e. The van der Waals surface area contributed by atoms with E-state index in [-0.39, 0.29) is 37.2 Å². The number of nitrogens with one attached hydrogen (secondary N) is 2. The summed E-state index contributed by atoms with van der Waals surface area (Å²) in [4.78, 5) is 30.9. The fourth-order valence-electron chi connectivity index (χ4n) is 3.49. The summed E-state index contributed by atoms with van der Waals surface area (Å²) in [5.74, 6) is 2.65. The molecule has 4 N–H and O–H groups in total. The summed E-state index contributed by atoms with van der Waals surface area (Å²) in [7, 11) is 1.91. The van der Waals surface area contributed by atoms with Crippen LogP contribution in [-0.4, -0.2) is 51.9 Å². The zero-order chi connectivity index (χ0) is 24.7. The van der Waals surface area contributed by atoms with Gasteiger partial charge in [-0.15, -0.1) is 6.42 Å². The van der Waals surface area contributed by atoms with E-state index in [4.69, 9.17) is 22.3 Å². The van der Waals surface area contributed by atoms with Gasteiger partial charge in [0.15, 0.2) is 0 Å². The molecule has 1 heterocycles. The van der Waals surface area contributed by atoms with Gasteiger partial charge >= 0.3 is 5.97 Å². The first-order valence-electron chi connectivity index (χ1n) is 10.9. The van der Waals surface area contributed by atoms with Gasteiger partial charge in [-0.2, -0.15) is 0 Å². The summed E-state index contributed by atoms with van der Waals surface area (Å²) < 4.78 is 6.90. The highest BCUT2D eigenvalue weighted by atomic mass is 16.5. The molecule has 0 spiro atoms. The van der Waals surface area contributed by atoms with Crippen molar-refractivity contribution in [1.29, 1.82) is 5.41 Å². The molecule has 9 nitrogen and oxygen atoms in total. The fourth-order valence-corrected chi connectivity index (χ4v) is 3.49. The van der Waals surface area contributed by atoms with Gasteiger partial charge < -0.3 is 25.3 Å². The first-order chi connectivity index (χ1) is 16.3. The quantitative estimate of drug-likeness (QED) is 0.185. The lowest BCUT2D eigenvalue weighted by molar-refractivity contribution is -0.143. The van der Waals surface area contributed by atoms with E-state index in [0.29, 0.717) is 29.8 Å². The highest BCUT2D eigenvalue weighted by Gasteiger charge is 2.18. The zero-order valence-corrected chi connectivity index (χ0v) is 19.3. The molecule has 176 valence electrons. The van der Waals surface area contributed by atoms with Crippen molar-refractivity contribution in [3.63, 3.8) is 0 Å². The molecule has 0 unspecified atom stereocenters. The number of benzene rings is 2. The average molecular weight is 461 g/mol. The lowest BCUT2D eigenvalue weighted by Crippen LogP contribution is -2.33. The number of rotatable bonds is 10. The second kappa shape index (κ2) is 11.0. The number of imidazole rings is 1. The first-order valence-corrected chi connectivity index (χ1v) is 10.9. The number of hydrogen-bond donors (Lipinski definition) is 3. The molecule has 0 radical (unpaired) electrons. The molecule has 1 aromatic heterocycles. The van der Waals surface area contributed by atoms with Gasteiger partial charge in [-0.3, -0.25) is 15.0 Å². The van der Waals surface area contributed by atoms with E-state index >= 15 is 0 Å². The van der Waals surface area contributed by atoms with Crippen LogP contribution in [0.5, 0.6) is 0 Å². The van der Waals surface area contributed by atoms with E-state index < -0.39 is 0 Å². The highest BCUT2D eigenvalue weighted by molar-refractivity contribution is 5.98. The van der Waals surface area contributed by atoms with E-state index in [2.05, 4.69) is 16.2 Å². The number of fused-ring (bicyclic) bond motifs is 1. The molecule has 0 atom stereocenters. The minimum Gasteiger partial charge on any atom is -0.466 e. The SMILES string of the molecule is C#CCN(CCC(=O)OCC)C(=O)c1ccc2c(c1)nc(CNc1ccc(C(=N)N)cc1)n2C. The van der Waals surface area contributed by atoms with E-state index in [1.54, 1.807) is 31.2 Å². The predicted molar refractivity (Wildman–Crippen MR) is 131 cm³/mol. The molecule has 9 heteroatoms. The van der Waals surface area contributed by atoms with E-state index in [0.717, 1.165) is 17.0 Å². The molecule has 0 aliphatic heterocycles. The molecule has 0 saturated carbocycles. The highest BCUT2D eigenvalue weighted by Crippen LogP contribution is 2.19. The largest absolute Gasteiger partial charge is 0.466 e. The van der Waals surface area contributed by atoms with Gasteiger partial charge in [-0.25, -0.2) is 4.98 Å². The molecule has 34 heavy (non-hydrogen) atoms. The van der Waals surface area contributed by atoms with Gasteiger partial charge in [0.1, 0.15) is 11.7 Å². The first kappa shape index (κ1) is 24.3. The second-order valence-electron chi connectivity index (χ2n) is 7.62. The Balaban J connectivity index is 1.74. The molecular formula is C25H28N6O3. The molecule has 1 amide bonds. The summed E-state index contributed by atoms with van der Waals surface area (Å²) in [5, 5.41) is 10.8. The van der Waals surface area contributed by atoms with Crippen molar-refractivity contribution in [2.45, 2.75) is 19.9 Å². The molecule has 0 fully saturated rings. The van der Waals surface area contributed by atoms with Crippen molar-refractivity contribution in [3.8, 4) is 12.3 Å². The topological polar surface area (TPSA) is 126 Å². The average Bonchev–Trinajstić information content (AvgIpc) is 3.15. The molecule has 0 saturated heterocycles. The van der Waals surface area contributed by atoms with E-state index in [1.165, 1.54) is 4.90 Å². The number of amides is 1. The minimum atomic E-state index is -0.370.